The summed E-state index contributed by atoms with van der Waals surface area (Å²) in [5.41, 5.74) is 6.98. The van der Waals surface area contributed by atoms with Crippen molar-refractivity contribution in [3.63, 3.8) is 0 Å². The molecule has 20 heavy (non-hydrogen) atoms. The van der Waals surface area contributed by atoms with Crippen LogP contribution in [0.15, 0.2) is 28.7 Å². The Bertz CT molecular complexity index is 353. The number of rotatable bonds is 10. The van der Waals surface area contributed by atoms with Gasteiger partial charge in [0.2, 0.25) is 0 Å². The Balaban J connectivity index is 2.35. The normalized spacial score (nSPS) is 14.2. The van der Waals surface area contributed by atoms with E-state index in [1.54, 1.807) is 0 Å². The van der Waals surface area contributed by atoms with E-state index in [9.17, 15) is 5.11 Å². The molecule has 0 aromatic heterocycles. The summed E-state index contributed by atoms with van der Waals surface area (Å²) in [5.74, 6) is 0.0544. The maximum atomic E-state index is 10.3. The molecule has 1 aromatic carbocycles. The third-order valence-electron chi connectivity index (χ3n) is 3.87. The van der Waals surface area contributed by atoms with Crippen molar-refractivity contribution in [2.24, 2.45) is 5.73 Å². The van der Waals surface area contributed by atoms with E-state index < -0.39 is 0 Å². The summed E-state index contributed by atoms with van der Waals surface area (Å²) in [6.07, 6.45) is 8.05. The second-order valence-electron chi connectivity index (χ2n) is 5.52. The van der Waals surface area contributed by atoms with Gasteiger partial charge in [-0.1, -0.05) is 73.5 Å². The topological polar surface area (TPSA) is 46.2 Å². The smallest absolute Gasteiger partial charge is 0.0620 e. The van der Waals surface area contributed by atoms with Crippen molar-refractivity contribution in [1.29, 1.82) is 0 Å². The lowest BCUT2D eigenvalue weighted by Crippen LogP contribution is -2.25. The van der Waals surface area contributed by atoms with Crippen LogP contribution in [0.1, 0.15) is 63.4 Å². The summed E-state index contributed by atoms with van der Waals surface area (Å²) < 4.78 is 1.06. The van der Waals surface area contributed by atoms with Crippen LogP contribution in [0.3, 0.4) is 0 Å². The third kappa shape index (κ3) is 6.38. The molecule has 0 radical (unpaired) electrons. The molecule has 3 N–H and O–H groups in total. The van der Waals surface area contributed by atoms with Crippen LogP contribution in [-0.4, -0.2) is 17.8 Å². The van der Waals surface area contributed by atoms with Crippen LogP contribution in [0.25, 0.3) is 0 Å². The largest absolute Gasteiger partial charge is 0.392 e. The zero-order chi connectivity index (χ0) is 14.8. The molecule has 2 atom stereocenters. The monoisotopic (exact) mass is 341 g/mol. The molecule has 0 bridgehead atoms. The Morgan fingerprint density at radius 1 is 1.05 bits per heavy atom. The molecule has 114 valence electrons. The van der Waals surface area contributed by atoms with Gasteiger partial charge in [0.1, 0.15) is 0 Å². The lowest BCUT2D eigenvalue weighted by atomic mass is 9.90. The number of hydrogen-bond donors (Lipinski definition) is 2. The molecule has 2 nitrogen and oxygen atoms in total. The average Bonchev–Trinajstić information content (AvgIpc) is 2.45. The molecule has 1 rings (SSSR count). The number of aliphatic hydroxyl groups is 1. The van der Waals surface area contributed by atoms with Gasteiger partial charge >= 0.3 is 0 Å². The molecule has 0 fully saturated rings. The molecular formula is C17H28BrNO. The first-order valence-corrected chi connectivity index (χ1v) is 8.62. The fraction of sp³-hybridized carbons (Fsp3) is 0.647. The van der Waals surface area contributed by atoms with E-state index in [4.69, 9.17) is 5.73 Å². The van der Waals surface area contributed by atoms with Gasteiger partial charge < -0.3 is 10.8 Å². The Kier molecular flexibility index (Phi) is 9.16. The third-order valence-corrected chi connectivity index (χ3v) is 4.40. The molecule has 3 heteroatoms. The minimum absolute atomic E-state index is 0.0544. The van der Waals surface area contributed by atoms with Crippen molar-refractivity contribution in [2.45, 2.75) is 63.9 Å². The highest BCUT2D eigenvalue weighted by atomic mass is 79.9. The maximum absolute atomic E-state index is 10.3. The SMILES string of the molecule is CCCCCCCCC(O)C(CN)c1ccc(Br)cc1. The minimum Gasteiger partial charge on any atom is -0.392 e. The molecule has 0 aliphatic carbocycles. The quantitative estimate of drug-likeness (QED) is 0.610. The van der Waals surface area contributed by atoms with E-state index in [1.165, 1.54) is 32.1 Å². The number of aliphatic hydroxyl groups excluding tert-OH is 1. The fourth-order valence-corrected chi connectivity index (χ4v) is 2.82. The van der Waals surface area contributed by atoms with Crippen molar-refractivity contribution in [1.82, 2.24) is 0 Å². The summed E-state index contributed by atoms with van der Waals surface area (Å²) in [6.45, 7) is 2.73. The molecule has 0 heterocycles. The van der Waals surface area contributed by atoms with Gasteiger partial charge in [-0.05, 0) is 24.1 Å². The van der Waals surface area contributed by atoms with Gasteiger partial charge in [0, 0.05) is 16.9 Å². The Labute approximate surface area is 131 Å². The Morgan fingerprint density at radius 3 is 2.25 bits per heavy atom. The second kappa shape index (κ2) is 10.4. The number of benzene rings is 1. The van der Waals surface area contributed by atoms with E-state index >= 15 is 0 Å². The van der Waals surface area contributed by atoms with Gasteiger partial charge in [0.05, 0.1) is 6.10 Å². The lowest BCUT2D eigenvalue weighted by molar-refractivity contribution is 0.132. The molecular weight excluding hydrogens is 314 g/mol. The molecule has 2 unspecified atom stereocenters. The van der Waals surface area contributed by atoms with Crippen molar-refractivity contribution < 1.29 is 5.11 Å². The van der Waals surface area contributed by atoms with Gasteiger partial charge in [-0.15, -0.1) is 0 Å². The van der Waals surface area contributed by atoms with Crippen LogP contribution in [0.2, 0.25) is 0 Å². The first-order chi connectivity index (χ1) is 9.69. The predicted octanol–water partition coefficient (Wildman–Crippen LogP) is 4.60. The highest BCUT2D eigenvalue weighted by molar-refractivity contribution is 9.10. The highest BCUT2D eigenvalue weighted by Gasteiger charge is 2.19. The zero-order valence-corrected chi connectivity index (χ0v) is 14.1. The average molecular weight is 342 g/mol. The molecule has 1 aromatic rings. The second-order valence-corrected chi connectivity index (χ2v) is 6.43. The summed E-state index contributed by atoms with van der Waals surface area (Å²) in [7, 11) is 0. The maximum Gasteiger partial charge on any atom is 0.0620 e. The van der Waals surface area contributed by atoms with E-state index in [-0.39, 0.29) is 12.0 Å². The van der Waals surface area contributed by atoms with Gasteiger partial charge in [-0.25, -0.2) is 0 Å². The van der Waals surface area contributed by atoms with E-state index in [0.717, 1.165) is 22.9 Å². The number of hydrogen-bond acceptors (Lipinski definition) is 2. The Hall–Kier alpha value is -0.380. The van der Waals surface area contributed by atoms with Crippen molar-refractivity contribution in [2.75, 3.05) is 6.54 Å². The van der Waals surface area contributed by atoms with Crippen LogP contribution >= 0.6 is 15.9 Å². The Morgan fingerprint density at radius 2 is 1.65 bits per heavy atom. The summed E-state index contributed by atoms with van der Waals surface area (Å²) in [4.78, 5) is 0. The zero-order valence-electron chi connectivity index (χ0n) is 12.5. The molecule has 0 saturated heterocycles. The number of nitrogens with two attached hydrogens (primary N) is 1. The first kappa shape index (κ1) is 17.7. The van der Waals surface area contributed by atoms with Gasteiger partial charge in [-0.3, -0.25) is 0 Å². The summed E-state index contributed by atoms with van der Waals surface area (Å²) >= 11 is 3.43. The van der Waals surface area contributed by atoms with Crippen LogP contribution in [0.4, 0.5) is 0 Å². The standard InChI is InChI=1S/C17H28BrNO/c1-2-3-4-5-6-7-8-17(20)16(13-19)14-9-11-15(18)12-10-14/h9-12,16-17,20H,2-8,13,19H2,1H3. The van der Waals surface area contributed by atoms with Crippen LogP contribution in [0.5, 0.6) is 0 Å². The lowest BCUT2D eigenvalue weighted by Gasteiger charge is -2.22. The van der Waals surface area contributed by atoms with Gasteiger partial charge in [-0.2, -0.15) is 0 Å². The molecule has 0 aliphatic heterocycles. The van der Waals surface area contributed by atoms with Crippen LogP contribution in [0, 0.1) is 0 Å². The molecule has 0 spiro atoms. The highest BCUT2D eigenvalue weighted by Crippen LogP contribution is 2.24. The van der Waals surface area contributed by atoms with Crippen molar-refractivity contribution in [3.8, 4) is 0 Å². The number of unbranched alkanes of at least 4 members (excludes halogenated alkanes) is 5. The minimum atomic E-state index is -0.327. The first-order valence-electron chi connectivity index (χ1n) is 7.82. The van der Waals surface area contributed by atoms with Crippen molar-refractivity contribution in [3.05, 3.63) is 34.3 Å². The van der Waals surface area contributed by atoms with Crippen molar-refractivity contribution >= 4 is 15.9 Å². The van der Waals surface area contributed by atoms with Gasteiger partial charge in [0.15, 0.2) is 0 Å². The number of halogens is 1. The van der Waals surface area contributed by atoms with Crippen LogP contribution in [-0.2, 0) is 0 Å². The van der Waals surface area contributed by atoms with E-state index in [0.29, 0.717) is 6.54 Å². The summed E-state index contributed by atoms with van der Waals surface area (Å²) in [5, 5.41) is 10.3. The summed E-state index contributed by atoms with van der Waals surface area (Å²) in [6, 6.07) is 8.11. The molecule has 0 amide bonds. The molecule has 0 aliphatic rings. The van der Waals surface area contributed by atoms with Crippen LogP contribution < -0.4 is 5.73 Å². The fourth-order valence-electron chi connectivity index (χ4n) is 2.56. The van der Waals surface area contributed by atoms with Gasteiger partial charge in [0.25, 0.3) is 0 Å². The predicted molar refractivity (Wildman–Crippen MR) is 89.9 cm³/mol. The van der Waals surface area contributed by atoms with E-state index in [1.807, 2.05) is 24.3 Å². The van der Waals surface area contributed by atoms with E-state index in [2.05, 4.69) is 22.9 Å². The molecule has 0 saturated carbocycles.